The van der Waals surface area contributed by atoms with Crippen molar-refractivity contribution in [3.8, 4) is 11.3 Å². The molecule has 3 heterocycles. The summed E-state index contributed by atoms with van der Waals surface area (Å²) in [5, 5.41) is 4.56. The van der Waals surface area contributed by atoms with E-state index in [1.54, 1.807) is 0 Å². The molecule has 0 bridgehead atoms. The number of benzene rings is 2. The van der Waals surface area contributed by atoms with Gasteiger partial charge in [-0.1, -0.05) is 65.8 Å². The van der Waals surface area contributed by atoms with Gasteiger partial charge in [0, 0.05) is 44.3 Å². The van der Waals surface area contributed by atoms with E-state index < -0.39 is 0 Å². The summed E-state index contributed by atoms with van der Waals surface area (Å²) in [6.45, 7) is 8.46. The molecule has 2 aliphatic rings. The van der Waals surface area contributed by atoms with Crippen molar-refractivity contribution < 1.29 is 14.1 Å². The number of carbonyl (C=O) groups is 1. The molecule has 3 aromatic rings. The summed E-state index contributed by atoms with van der Waals surface area (Å²) < 4.78 is 11.6. The van der Waals surface area contributed by atoms with Crippen molar-refractivity contribution in [1.82, 2.24) is 15.0 Å². The Labute approximate surface area is 220 Å². The fourth-order valence-corrected chi connectivity index (χ4v) is 5.34. The van der Waals surface area contributed by atoms with Crippen molar-refractivity contribution in [3.05, 3.63) is 71.8 Å². The van der Waals surface area contributed by atoms with Crippen molar-refractivity contribution in [2.75, 3.05) is 50.8 Å². The van der Waals surface area contributed by atoms with Crippen LogP contribution in [0.3, 0.4) is 0 Å². The highest BCUT2D eigenvalue weighted by Gasteiger charge is 2.30. The molecule has 196 valence electrons. The second kappa shape index (κ2) is 12.4. The maximum atomic E-state index is 13.7. The van der Waals surface area contributed by atoms with E-state index in [-0.39, 0.29) is 5.91 Å². The van der Waals surface area contributed by atoms with Crippen molar-refractivity contribution >= 4 is 11.8 Å². The third-order valence-corrected chi connectivity index (χ3v) is 7.57. The zero-order valence-electron chi connectivity index (χ0n) is 21.8. The molecule has 7 nitrogen and oxygen atoms in total. The standard InChI is InChI=1S/C30H38N4O3/c1-24-10-8-9-15-34(24)30-27(29(31-37-30)26-13-6-3-7-14-26)23-33(17-16-32-18-20-36-21-19-32)28(35)22-25-11-4-2-5-12-25/h2-7,11-14,24H,8-10,15-23H2,1H3. The Hall–Kier alpha value is -3.16. The highest BCUT2D eigenvalue weighted by Crippen LogP contribution is 2.35. The van der Waals surface area contributed by atoms with Gasteiger partial charge in [-0.15, -0.1) is 0 Å². The molecule has 2 fully saturated rings. The lowest BCUT2D eigenvalue weighted by Gasteiger charge is -2.34. The first-order chi connectivity index (χ1) is 18.2. The minimum Gasteiger partial charge on any atom is -0.379 e. The highest BCUT2D eigenvalue weighted by molar-refractivity contribution is 5.79. The van der Waals surface area contributed by atoms with E-state index in [9.17, 15) is 4.79 Å². The molecular formula is C30H38N4O3. The molecule has 2 aliphatic heterocycles. The number of rotatable bonds is 9. The molecule has 2 saturated heterocycles. The SMILES string of the molecule is CC1CCCCN1c1onc(-c2ccccc2)c1CN(CCN1CCOCC1)C(=O)Cc1ccccc1. The molecule has 0 spiro atoms. The first-order valence-corrected chi connectivity index (χ1v) is 13.6. The summed E-state index contributed by atoms with van der Waals surface area (Å²) >= 11 is 0. The summed E-state index contributed by atoms with van der Waals surface area (Å²) in [4.78, 5) is 20.5. The first kappa shape index (κ1) is 25.5. The van der Waals surface area contributed by atoms with E-state index >= 15 is 0 Å². The molecule has 0 radical (unpaired) electrons. The molecule has 1 atom stereocenters. The average Bonchev–Trinajstić information content (AvgIpc) is 3.36. The molecule has 1 unspecified atom stereocenters. The van der Waals surface area contributed by atoms with Crippen LogP contribution in [0.4, 0.5) is 5.88 Å². The van der Waals surface area contributed by atoms with Crippen molar-refractivity contribution in [1.29, 1.82) is 0 Å². The number of hydrogen-bond donors (Lipinski definition) is 0. The lowest BCUT2D eigenvalue weighted by molar-refractivity contribution is -0.131. The predicted octanol–water partition coefficient (Wildman–Crippen LogP) is 4.62. The Morgan fingerprint density at radius 2 is 1.73 bits per heavy atom. The van der Waals surface area contributed by atoms with Crippen molar-refractivity contribution in [2.24, 2.45) is 0 Å². The second-order valence-corrected chi connectivity index (χ2v) is 10.2. The number of amides is 1. The predicted molar refractivity (Wildman–Crippen MR) is 145 cm³/mol. The van der Waals surface area contributed by atoms with Gasteiger partial charge in [-0.05, 0) is 31.7 Å². The molecule has 1 aromatic heterocycles. The maximum Gasteiger partial charge on any atom is 0.233 e. The quantitative estimate of drug-likeness (QED) is 0.425. The number of ether oxygens (including phenoxy) is 1. The van der Waals surface area contributed by atoms with Gasteiger partial charge in [-0.3, -0.25) is 9.69 Å². The minimum absolute atomic E-state index is 0.123. The molecule has 0 saturated carbocycles. The molecule has 2 aromatic carbocycles. The number of morpholine rings is 1. The van der Waals surface area contributed by atoms with Crippen LogP contribution in [0.15, 0.2) is 65.2 Å². The number of piperidine rings is 1. The molecule has 37 heavy (non-hydrogen) atoms. The summed E-state index contributed by atoms with van der Waals surface area (Å²) in [6, 6.07) is 20.6. The zero-order chi connectivity index (χ0) is 25.5. The minimum atomic E-state index is 0.123. The Morgan fingerprint density at radius 3 is 2.46 bits per heavy atom. The van der Waals surface area contributed by atoms with Gasteiger partial charge in [0.1, 0.15) is 5.69 Å². The Balaban J connectivity index is 1.45. The second-order valence-electron chi connectivity index (χ2n) is 10.2. The molecule has 0 aliphatic carbocycles. The van der Waals surface area contributed by atoms with Crippen molar-refractivity contribution in [2.45, 2.75) is 45.2 Å². The lowest BCUT2D eigenvalue weighted by atomic mass is 10.0. The zero-order valence-corrected chi connectivity index (χ0v) is 21.8. The van der Waals surface area contributed by atoms with Gasteiger partial charge in [0.2, 0.25) is 11.8 Å². The van der Waals surface area contributed by atoms with Gasteiger partial charge in [-0.2, -0.15) is 0 Å². The van der Waals surface area contributed by atoms with Gasteiger partial charge in [0.05, 0.1) is 31.7 Å². The first-order valence-electron chi connectivity index (χ1n) is 13.6. The van der Waals surface area contributed by atoms with Crippen LogP contribution in [0.1, 0.15) is 37.3 Å². The Morgan fingerprint density at radius 1 is 1.00 bits per heavy atom. The number of hydrogen-bond acceptors (Lipinski definition) is 6. The fourth-order valence-electron chi connectivity index (χ4n) is 5.34. The van der Waals surface area contributed by atoms with E-state index in [2.05, 4.69) is 34.0 Å². The van der Waals surface area contributed by atoms with Gasteiger partial charge in [0.25, 0.3) is 0 Å². The largest absolute Gasteiger partial charge is 0.379 e. The van der Waals surface area contributed by atoms with Crippen LogP contribution in [0, 0.1) is 0 Å². The third kappa shape index (κ3) is 6.40. The van der Waals surface area contributed by atoms with E-state index in [4.69, 9.17) is 9.26 Å². The van der Waals surface area contributed by atoms with Gasteiger partial charge in [-0.25, -0.2) is 0 Å². The van der Waals surface area contributed by atoms with Crippen LogP contribution in [-0.4, -0.2) is 72.8 Å². The Kier molecular flexibility index (Phi) is 8.53. The normalized spacial score (nSPS) is 18.6. The smallest absolute Gasteiger partial charge is 0.233 e. The van der Waals surface area contributed by atoms with E-state index in [0.29, 0.717) is 25.6 Å². The van der Waals surface area contributed by atoms with Crippen LogP contribution < -0.4 is 4.90 Å². The molecular weight excluding hydrogens is 464 g/mol. The molecule has 7 heteroatoms. The van der Waals surface area contributed by atoms with E-state index in [0.717, 1.165) is 80.5 Å². The van der Waals surface area contributed by atoms with Crippen LogP contribution in [0.5, 0.6) is 0 Å². The van der Waals surface area contributed by atoms with E-state index in [1.807, 2.05) is 53.4 Å². The summed E-state index contributed by atoms with van der Waals surface area (Å²) in [5.74, 6) is 0.937. The van der Waals surface area contributed by atoms with Crippen LogP contribution in [0.2, 0.25) is 0 Å². The maximum absolute atomic E-state index is 13.7. The number of anilines is 1. The molecule has 1 amide bonds. The van der Waals surface area contributed by atoms with Gasteiger partial charge >= 0.3 is 0 Å². The summed E-state index contributed by atoms with van der Waals surface area (Å²) in [5.41, 5.74) is 3.88. The number of carbonyl (C=O) groups excluding carboxylic acids is 1. The summed E-state index contributed by atoms with van der Waals surface area (Å²) in [7, 11) is 0. The van der Waals surface area contributed by atoms with Gasteiger partial charge in [0.15, 0.2) is 0 Å². The lowest BCUT2D eigenvalue weighted by Crippen LogP contribution is -2.43. The fraction of sp³-hybridized carbons (Fsp3) is 0.467. The topological polar surface area (TPSA) is 62.1 Å². The molecule has 0 N–H and O–H groups in total. The van der Waals surface area contributed by atoms with Crippen molar-refractivity contribution in [3.63, 3.8) is 0 Å². The molecule has 5 rings (SSSR count). The van der Waals surface area contributed by atoms with Crippen LogP contribution in [-0.2, 0) is 22.5 Å². The van der Waals surface area contributed by atoms with Crippen LogP contribution in [0.25, 0.3) is 11.3 Å². The monoisotopic (exact) mass is 502 g/mol. The number of nitrogens with zero attached hydrogens (tertiary/aromatic N) is 4. The number of aromatic nitrogens is 1. The van der Waals surface area contributed by atoms with Gasteiger partial charge < -0.3 is 19.1 Å². The average molecular weight is 503 g/mol. The highest BCUT2D eigenvalue weighted by atomic mass is 16.5. The Bertz CT molecular complexity index is 1130. The van der Waals surface area contributed by atoms with Crippen LogP contribution >= 0.6 is 0 Å². The third-order valence-electron chi connectivity index (χ3n) is 7.57. The summed E-state index contributed by atoms with van der Waals surface area (Å²) in [6.07, 6.45) is 3.88. The van der Waals surface area contributed by atoms with E-state index in [1.165, 1.54) is 6.42 Å².